The fraction of sp³-hybridized carbons (Fsp3) is 0.222. The van der Waals surface area contributed by atoms with Crippen LogP contribution in [0.2, 0.25) is 5.02 Å². The summed E-state index contributed by atoms with van der Waals surface area (Å²) in [6, 6.07) is 8.36. The number of methoxy groups -OCH3 is 1. The minimum atomic E-state index is -0.629. The highest BCUT2D eigenvalue weighted by Gasteiger charge is 2.18. The first-order chi connectivity index (χ1) is 12.9. The number of halogens is 1. The Bertz CT molecular complexity index is 885. The van der Waals surface area contributed by atoms with Crippen molar-refractivity contribution in [3.05, 3.63) is 62.7 Å². The second-order valence-electron chi connectivity index (χ2n) is 5.55. The molecule has 0 fully saturated rings. The summed E-state index contributed by atoms with van der Waals surface area (Å²) in [5.74, 6) is -0.799. The highest BCUT2D eigenvalue weighted by atomic mass is 35.5. The molecule has 2 aromatic carbocycles. The number of nitrogens with one attached hydrogen (secondary N) is 2. The number of nitro groups is 1. The fourth-order valence-corrected chi connectivity index (χ4v) is 2.55. The standard InChI is InChI=1S/C18H18ClN3O5/c1-3-8-20-18(24)13-6-5-12(10-14(13)19)21-17(23)11-4-7-16(27-2)15(9-11)22(25)26/h4-7,9-10H,3,8H2,1-2H3,(H,20,24)(H,21,23). The van der Waals surface area contributed by atoms with Crippen LogP contribution in [0.25, 0.3) is 0 Å². The third-order valence-electron chi connectivity index (χ3n) is 3.64. The molecule has 0 unspecified atom stereocenters. The summed E-state index contributed by atoms with van der Waals surface area (Å²) < 4.78 is 4.91. The maximum absolute atomic E-state index is 12.4. The molecule has 0 bridgehead atoms. The van der Waals surface area contributed by atoms with Crippen LogP contribution in [-0.2, 0) is 0 Å². The van der Waals surface area contributed by atoms with Crippen molar-refractivity contribution < 1.29 is 19.2 Å². The SMILES string of the molecule is CCCNC(=O)c1ccc(NC(=O)c2ccc(OC)c([N+](=O)[O-])c2)cc1Cl. The van der Waals surface area contributed by atoms with Crippen molar-refractivity contribution in [1.29, 1.82) is 0 Å². The molecule has 0 spiro atoms. The lowest BCUT2D eigenvalue weighted by Gasteiger charge is -2.10. The predicted octanol–water partition coefficient (Wildman–Crippen LogP) is 3.65. The van der Waals surface area contributed by atoms with Gasteiger partial charge in [0.1, 0.15) is 0 Å². The monoisotopic (exact) mass is 391 g/mol. The van der Waals surface area contributed by atoms with Gasteiger partial charge in [0.25, 0.3) is 11.8 Å². The van der Waals surface area contributed by atoms with Gasteiger partial charge in [-0.05, 0) is 36.8 Å². The van der Waals surface area contributed by atoms with E-state index in [0.29, 0.717) is 17.8 Å². The Morgan fingerprint density at radius 1 is 1.19 bits per heavy atom. The molecule has 0 saturated heterocycles. The van der Waals surface area contributed by atoms with E-state index in [1.165, 1.54) is 37.4 Å². The van der Waals surface area contributed by atoms with E-state index in [4.69, 9.17) is 16.3 Å². The van der Waals surface area contributed by atoms with Crippen LogP contribution >= 0.6 is 11.6 Å². The zero-order chi connectivity index (χ0) is 20.0. The molecule has 0 radical (unpaired) electrons. The van der Waals surface area contributed by atoms with Crippen LogP contribution in [-0.4, -0.2) is 30.4 Å². The fourth-order valence-electron chi connectivity index (χ4n) is 2.29. The number of nitrogens with zero attached hydrogens (tertiary/aromatic N) is 1. The number of carbonyl (C=O) groups excluding carboxylic acids is 2. The van der Waals surface area contributed by atoms with Crippen LogP contribution in [0.4, 0.5) is 11.4 Å². The third kappa shape index (κ3) is 4.95. The van der Waals surface area contributed by atoms with Crippen LogP contribution in [0.3, 0.4) is 0 Å². The normalized spacial score (nSPS) is 10.2. The summed E-state index contributed by atoms with van der Waals surface area (Å²) >= 11 is 6.12. The number of ether oxygens (including phenoxy) is 1. The Balaban J connectivity index is 2.18. The molecule has 27 heavy (non-hydrogen) atoms. The Kier molecular flexibility index (Phi) is 6.73. The highest BCUT2D eigenvalue weighted by Crippen LogP contribution is 2.28. The van der Waals surface area contributed by atoms with Crippen LogP contribution in [0, 0.1) is 10.1 Å². The summed E-state index contributed by atoms with van der Waals surface area (Å²) in [6.07, 6.45) is 0.797. The second-order valence-corrected chi connectivity index (χ2v) is 5.96. The molecule has 2 N–H and O–H groups in total. The first kappa shape index (κ1) is 20.2. The predicted molar refractivity (Wildman–Crippen MR) is 102 cm³/mol. The van der Waals surface area contributed by atoms with Gasteiger partial charge in [-0.25, -0.2) is 0 Å². The summed E-state index contributed by atoms with van der Waals surface area (Å²) in [7, 11) is 1.31. The summed E-state index contributed by atoms with van der Waals surface area (Å²) in [5, 5.41) is 16.6. The van der Waals surface area contributed by atoms with Gasteiger partial charge >= 0.3 is 5.69 Å². The summed E-state index contributed by atoms with van der Waals surface area (Å²) in [5.41, 5.74) is 0.424. The van der Waals surface area contributed by atoms with E-state index in [-0.39, 0.29) is 27.9 Å². The Hall–Kier alpha value is -3.13. The van der Waals surface area contributed by atoms with E-state index in [0.717, 1.165) is 12.5 Å². The lowest BCUT2D eigenvalue weighted by atomic mass is 10.1. The van der Waals surface area contributed by atoms with Gasteiger partial charge in [0.05, 0.1) is 22.6 Å². The van der Waals surface area contributed by atoms with E-state index in [9.17, 15) is 19.7 Å². The average molecular weight is 392 g/mol. The topological polar surface area (TPSA) is 111 Å². The Labute approximate surface area is 160 Å². The Morgan fingerprint density at radius 2 is 1.93 bits per heavy atom. The van der Waals surface area contributed by atoms with E-state index in [1.54, 1.807) is 0 Å². The van der Waals surface area contributed by atoms with Crippen molar-refractivity contribution in [2.24, 2.45) is 0 Å². The van der Waals surface area contributed by atoms with Gasteiger partial charge in [0.15, 0.2) is 5.75 Å². The molecule has 0 aromatic heterocycles. The van der Waals surface area contributed by atoms with Crippen molar-refractivity contribution >= 4 is 34.8 Å². The number of anilines is 1. The zero-order valence-electron chi connectivity index (χ0n) is 14.7. The first-order valence-electron chi connectivity index (χ1n) is 8.09. The van der Waals surface area contributed by atoms with Crippen molar-refractivity contribution in [3.63, 3.8) is 0 Å². The van der Waals surface area contributed by atoms with Gasteiger partial charge in [-0.2, -0.15) is 0 Å². The minimum absolute atomic E-state index is 0.0574. The molecular formula is C18H18ClN3O5. The third-order valence-corrected chi connectivity index (χ3v) is 3.96. The molecule has 0 saturated carbocycles. The molecule has 9 heteroatoms. The average Bonchev–Trinajstić information content (AvgIpc) is 2.65. The number of rotatable bonds is 7. The second kappa shape index (κ2) is 9.00. The smallest absolute Gasteiger partial charge is 0.311 e. The largest absolute Gasteiger partial charge is 0.490 e. The van der Waals surface area contributed by atoms with Crippen LogP contribution in [0.1, 0.15) is 34.1 Å². The Morgan fingerprint density at radius 3 is 2.52 bits per heavy atom. The lowest BCUT2D eigenvalue weighted by Crippen LogP contribution is -2.24. The zero-order valence-corrected chi connectivity index (χ0v) is 15.5. The van der Waals surface area contributed by atoms with E-state index < -0.39 is 10.8 Å². The quantitative estimate of drug-likeness (QED) is 0.552. The molecule has 2 amide bonds. The van der Waals surface area contributed by atoms with E-state index in [2.05, 4.69) is 10.6 Å². The van der Waals surface area contributed by atoms with Gasteiger partial charge in [0, 0.05) is 23.9 Å². The van der Waals surface area contributed by atoms with Crippen LogP contribution < -0.4 is 15.4 Å². The van der Waals surface area contributed by atoms with Crippen LogP contribution in [0.5, 0.6) is 5.75 Å². The molecule has 142 valence electrons. The van der Waals surface area contributed by atoms with Crippen LogP contribution in [0.15, 0.2) is 36.4 Å². The molecule has 2 aromatic rings. The van der Waals surface area contributed by atoms with E-state index >= 15 is 0 Å². The number of hydrogen-bond donors (Lipinski definition) is 2. The van der Waals surface area contributed by atoms with Crippen molar-refractivity contribution in [2.75, 3.05) is 19.0 Å². The number of carbonyl (C=O) groups is 2. The van der Waals surface area contributed by atoms with Gasteiger partial charge < -0.3 is 15.4 Å². The van der Waals surface area contributed by atoms with Gasteiger partial charge in [-0.1, -0.05) is 18.5 Å². The first-order valence-corrected chi connectivity index (χ1v) is 8.46. The lowest BCUT2D eigenvalue weighted by molar-refractivity contribution is -0.385. The van der Waals surface area contributed by atoms with Gasteiger partial charge in [-0.3, -0.25) is 19.7 Å². The molecular weight excluding hydrogens is 374 g/mol. The number of nitro benzene ring substituents is 1. The summed E-state index contributed by atoms with van der Waals surface area (Å²) in [4.78, 5) is 34.8. The van der Waals surface area contributed by atoms with Gasteiger partial charge in [-0.15, -0.1) is 0 Å². The van der Waals surface area contributed by atoms with Crippen molar-refractivity contribution in [2.45, 2.75) is 13.3 Å². The molecule has 2 rings (SSSR count). The number of benzene rings is 2. The molecule has 8 nitrogen and oxygen atoms in total. The number of hydrogen-bond acceptors (Lipinski definition) is 5. The molecule has 0 aliphatic rings. The van der Waals surface area contributed by atoms with E-state index in [1.807, 2.05) is 6.92 Å². The molecule has 0 aliphatic carbocycles. The highest BCUT2D eigenvalue weighted by molar-refractivity contribution is 6.34. The van der Waals surface area contributed by atoms with Crippen molar-refractivity contribution in [1.82, 2.24) is 5.32 Å². The molecule has 0 aliphatic heterocycles. The van der Waals surface area contributed by atoms with Gasteiger partial charge in [0.2, 0.25) is 0 Å². The minimum Gasteiger partial charge on any atom is -0.490 e. The maximum Gasteiger partial charge on any atom is 0.311 e. The van der Waals surface area contributed by atoms with Crippen molar-refractivity contribution in [3.8, 4) is 5.75 Å². The molecule has 0 atom stereocenters. The summed E-state index contributed by atoms with van der Waals surface area (Å²) in [6.45, 7) is 2.47. The molecule has 0 heterocycles. The maximum atomic E-state index is 12.4. The number of amides is 2.